The van der Waals surface area contributed by atoms with Gasteiger partial charge in [-0.3, -0.25) is 24.2 Å². The Balaban J connectivity index is 1.49. The number of nitrogens with one attached hydrogen (secondary N) is 3. The molecular weight excluding hydrogens is 574 g/mol. The van der Waals surface area contributed by atoms with Crippen LogP contribution in [0.1, 0.15) is 52.1 Å². The van der Waals surface area contributed by atoms with E-state index in [4.69, 9.17) is 9.47 Å². The second kappa shape index (κ2) is 14.7. The van der Waals surface area contributed by atoms with Crippen LogP contribution in [0.2, 0.25) is 0 Å². The summed E-state index contributed by atoms with van der Waals surface area (Å²) in [5.74, 6) is -0.983. The Labute approximate surface area is 262 Å². The molecule has 45 heavy (non-hydrogen) atoms. The van der Waals surface area contributed by atoms with Crippen molar-refractivity contribution in [3.8, 4) is 11.5 Å². The van der Waals surface area contributed by atoms with Crippen LogP contribution in [-0.2, 0) is 22.4 Å². The molecule has 2 atom stereocenters. The fraction of sp³-hybridized carbons (Fsp3) is 0.382. The Morgan fingerprint density at radius 3 is 2.60 bits per heavy atom. The minimum atomic E-state index is -0.853. The molecule has 236 valence electrons. The number of amides is 4. The molecule has 0 aliphatic carbocycles. The molecule has 2 aliphatic rings. The van der Waals surface area contributed by atoms with Gasteiger partial charge in [-0.05, 0) is 54.5 Å². The molecule has 2 aliphatic heterocycles. The lowest BCUT2D eigenvalue weighted by atomic mass is 10.00. The number of benzene rings is 2. The van der Waals surface area contributed by atoms with Gasteiger partial charge in [0.05, 0.1) is 23.7 Å². The SMILES string of the molecule is CC(C)[C@H]1NC(=O)c2cncc(c2)CCCNC(=O)CN(C(=O)c2cccc3c2OCCO3)C[C@@H](Cc2ccccc2)NC1=O. The molecule has 2 aromatic carbocycles. The fourth-order valence-corrected chi connectivity index (χ4v) is 5.51. The molecular formula is C34H39N5O6. The monoisotopic (exact) mass is 613 g/mol. The zero-order valence-corrected chi connectivity index (χ0v) is 25.6. The van der Waals surface area contributed by atoms with Crippen molar-refractivity contribution in [2.24, 2.45) is 5.92 Å². The fourth-order valence-electron chi connectivity index (χ4n) is 5.51. The number of rotatable bonds is 4. The maximum Gasteiger partial charge on any atom is 0.258 e. The van der Waals surface area contributed by atoms with Gasteiger partial charge >= 0.3 is 0 Å². The van der Waals surface area contributed by atoms with E-state index in [0.717, 1.165) is 11.1 Å². The van der Waals surface area contributed by atoms with Gasteiger partial charge in [-0.2, -0.15) is 0 Å². The number of para-hydroxylation sites is 1. The van der Waals surface area contributed by atoms with Gasteiger partial charge in [0.1, 0.15) is 19.3 Å². The second-order valence-corrected chi connectivity index (χ2v) is 11.6. The number of ether oxygens (including phenoxy) is 2. The first-order chi connectivity index (χ1) is 21.8. The van der Waals surface area contributed by atoms with Crippen LogP contribution in [0.25, 0.3) is 0 Å². The van der Waals surface area contributed by atoms with Crippen LogP contribution in [-0.4, -0.2) is 78.4 Å². The van der Waals surface area contributed by atoms with Crippen molar-refractivity contribution >= 4 is 23.6 Å². The molecule has 4 amide bonds. The standard InChI is InChI=1S/C34H39N5O6/c1-22(2)30-33(42)37-26(17-23-8-4-3-5-9-23)20-39(34(43)27-11-6-12-28-31(27)45-15-14-44-28)21-29(40)36-13-7-10-24-16-25(19-35-18-24)32(41)38-30/h3-6,8-9,11-12,16,18-19,22,26,30H,7,10,13-15,17,20-21H2,1-2H3,(H,36,40)(H,37,42)(H,38,41)/t26-,30-/m1/s1. The Morgan fingerprint density at radius 2 is 1.80 bits per heavy atom. The van der Waals surface area contributed by atoms with Gasteiger partial charge in [-0.1, -0.05) is 50.2 Å². The molecule has 2 bridgehead atoms. The third-order valence-electron chi connectivity index (χ3n) is 7.79. The van der Waals surface area contributed by atoms with Crippen molar-refractivity contribution in [2.75, 3.05) is 32.8 Å². The lowest BCUT2D eigenvalue weighted by molar-refractivity contribution is -0.124. The molecule has 11 nitrogen and oxygen atoms in total. The molecule has 3 aromatic rings. The summed E-state index contributed by atoms with van der Waals surface area (Å²) < 4.78 is 11.5. The molecule has 0 fully saturated rings. The third kappa shape index (κ3) is 8.17. The molecule has 0 saturated heterocycles. The van der Waals surface area contributed by atoms with E-state index >= 15 is 0 Å². The Kier molecular flexibility index (Phi) is 10.3. The Hall–Kier alpha value is -4.93. The van der Waals surface area contributed by atoms with Crippen molar-refractivity contribution in [1.82, 2.24) is 25.8 Å². The van der Waals surface area contributed by atoms with Gasteiger partial charge < -0.3 is 30.3 Å². The highest BCUT2D eigenvalue weighted by atomic mass is 16.6. The number of nitrogens with zero attached hydrogens (tertiary/aromatic N) is 2. The second-order valence-electron chi connectivity index (χ2n) is 11.6. The van der Waals surface area contributed by atoms with Crippen molar-refractivity contribution in [3.63, 3.8) is 0 Å². The summed E-state index contributed by atoms with van der Waals surface area (Å²) in [7, 11) is 0. The van der Waals surface area contributed by atoms with E-state index in [-0.39, 0.29) is 30.5 Å². The van der Waals surface area contributed by atoms with Crippen molar-refractivity contribution in [3.05, 3.63) is 89.2 Å². The van der Waals surface area contributed by atoms with Gasteiger partial charge in [0.25, 0.3) is 11.8 Å². The Morgan fingerprint density at radius 1 is 1.00 bits per heavy atom. The number of pyridine rings is 1. The molecule has 1 aromatic heterocycles. The van der Waals surface area contributed by atoms with Crippen LogP contribution < -0.4 is 25.4 Å². The molecule has 3 heterocycles. The van der Waals surface area contributed by atoms with Crippen molar-refractivity contribution in [1.29, 1.82) is 0 Å². The summed E-state index contributed by atoms with van der Waals surface area (Å²) >= 11 is 0. The van der Waals surface area contributed by atoms with E-state index in [9.17, 15) is 19.2 Å². The maximum absolute atomic E-state index is 14.1. The number of aromatic nitrogens is 1. The normalized spacial score (nSPS) is 19.6. The predicted molar refractivity (Wildman–Crippen MR) is 167 cm³/mol. The van der Waals surface area contributed by atoms with Crippen molar-refractivity contribution in [2.45, 2.75) is 45.2 Å². The lowest BCUT2D eigenvalue weighted by Crippen LogP contribution is -2.55. The smallest absolute Gasteiger partial charge is 0.258 e. The minimum Gasteiger partial charge on any atom is -0.486 e. The van der Waals surface area contributed by atoms with Gasteiger partial charge in [-0.15, -0.1) is 0 Å². The number of fused-ring (bicyclic) bond motifs is 3. The summed E-state index contributed by atoms with van der Waals surface area (Å²) in [4.78, 5) is 60.1. The first kappa shape index (κ1) is 31.5. The average Bonchev–Trinajstić information content (AvgIpc) is 3.04. The zero-order valence-electron chi connectivity index (χ0n) is 25.6. The quantitative estimate of drug-likeness (QED) is 0.411. The summed E-state index contributed by atoms with van der Waals surface area (Å²) in [6.45, 7) is 4.55. The minimum absolute atomic E-state index is 0.0286. The molecule has 0 radical (unpaired) electrons. The highest BCUT2D eigenvalue weighted by Gasteiger charge is 2.31. The van der Waals surface area contributed by atoms with Crippen LogP contribution in [0.5, 0.6) is 11.5 Å². The number of hydrogen-bond donors (Lipinski definition) is 3. The summed E-state index contributed by atoms with van der Waals surface area (Å²) in [5, 5.41) is 8.88. The first-order valence-corrected chi connectivity index (χ1v) is 15.3. The van der Waals surface area contributed by atoms with E-state index in [1.54, 1.807) is 30.5 Å². The third-order valence-corrected chi connectivity index (χ3v) is 7.79. The summed E-state index contributed by atoms with van der Waals surface area (Å²) in [6.07, 6.45) is 4.73. The van der Waals surface area contributed by atoms with E-state index < -0.39 is 29.8 Å². The number of carbonyl (C=O) groups excluding carboxylic acids is 4. The van der Waals surface area contributed by atoms with E-state index in [1.165, 1.54) is 11.1 Å². The molecule has 3 N–H and O–H groups in total. The van der Waals surface area contributed by atoms with E-state index in [2.05, 4.69) is 20.9 Å². The van der Waals surface area contributed by atoms with Gasteiger partial charge in [0.15, 0.2) is 11.5 Å². The van der Waals surface area contributed by atoms with E-state index in [1.807, 2.05) is 44.2 Å². The molecule has 11 heteroatoms. The van der Waals surface area contributed by atoms with Gasteiger partial charge in [0.2, 0.25) is 11.8 Å². The topological polar surface area (TPSA) is 139 Å². The Bertz CT molecular complexity index is 1530. The van der Waals surface area contributed by atoms with Crippen molar-refractivity contribution < 1.29 is 28.7 Å². The number of hydrogen-bond acceptors (Lipinski definition) is 7. The molecule has 5 rings (SSSR count). The number of carbonyl (C=O) groups is 4. The summed E-state index contributed by atoms with van der Waals surface area (Å²) in [6, 6.07) is 15.0. The average molecular weight is 614 g/mol. The largest absolute Gasteiger partial charge is 0.486 e. The van der Waals surface area contributed by atoms with Crippen LogP contribution in [0.3, 0.4) is 0 Å². The first-order valence-electron chi connectivity index (χ1n) is 15.3. The van der Waals surface area contributed by atoms with Gasteiger partial charge in [-0.25, -0.2) is 0 Å². The summed E-state index contributed by atoms with van der Waals surface area (Å²) in [5.41, 5.74) is 2.40. The highest BCUT2D eigenvalue weighted by Crippen LogP contribution is 2.34. The predicted octanol–water partition coefficient (Wildman–Crippen LogP) is 2.54. The maximum atomic E-state index is 14.1. The lowest BCUT2D eigenvalue weighted by Gasteiger charge is -2.31. The van der Waals surface area contributed by atoms with Crippen LogP contribution in [0.15, 0.2) is 67.0 Å². The highest BCUT2D eigenvalue weighted by molar-refractivity contribution is 6.00. The van der Waals surface area contributed by atoms with Crippen LogP contribution in [0.4, 0.5) is 0 Å². The van der Waals surface area contributed by atoms with Crippen LogP contribution >= 0.6 is 0 Å². The number of aryl methyl sites for hydroxylation is 1. The molecule has 0 unspecified atom stereocenters. The van der Waals surface area contributed by atoms with Crippen LogP contribution in [0, 0.1) is 5.92 Å². The zero-order chi connectivity index (χ0) is 31.8. The molecule has 0 spiro atoms. The van der Waals surface area contributed by atoms with E-state index in [0.29, 0.717) is 56.1 Å². The molecule has 0 saturated carbocycles. The van der Waals surface area contributed by atoms with Gasteiger partial charge in [0, 0.05) is 25.5 Å².